The van der Waals surface area contributed by atoms with E-state index >= 15 is 0 Å². The molecule has 104 valence electrons. The van der Waals surface area contributed by atoms with Crippen molar-refractivity contribution in [2.45, 2.75) is 43.9 Å². The second-order valence-electron chi connectivity index (χ2n) is 5.12. The minimum atomic E-state index is -0.405. The topological polar surface area (TPSA) is 29.1 Å². The highest BCUT2D eigenvalue weighted by molar-refractivity contribution is 7.99. The lowest BCUT2D eigenvalue weighted by atomic mass is 9.94. The number of carbonyl (C=O) groups excluding carboxylic acids is 1. The largest absolute Gasteiger partial charge is 0.349 e. The molecule has 1 N–H and O–H groups in total. The van der Waals surface area contributed by atoms with Crippen LogP contribution < -0.4 is 5.32 Å². The van der Waals surface area contributed by atoms with Crippen LogP contribution in [-0.2, 0) is 0 Å². The third-order valence-corrected chi connectivity index (χ3v) is 4.92. The van der Waals surface area contributed by atoms with Gasteiger partial charge in [-0.05, 0) is 50.5 Å². The Labute approximate surface area is 118 Å². The van der Waals surface area contributed by atoms with Crippen LogP contribution in [0.4, 0.5) is 4.39 Å². The van der Waals surface area contributed by atoms with E-state index in [1.807, 2.05) is 11.8 Å². The van der Waals surface area contributed by atoms with Crippen molar-refractivity contribution in [3.8, 4) is 0 Å². The van der Waals surface area contributed by atoms with Gasteiger partial charge in [0.15, 0.2) is 0 Å². The number of nitrogens with one attached hydrogen (secondary N) is 1. The van der Waals surface area contributed by atoms with Gasteiger partial charge in [0.1, 0.15) is 5.82 Å². The summed E-state index contributed by atoms with van der Waals surface area (Å²) in [6.45, 7) is 1.68. The molecule has 0 radical (unpaired) electrons. The van der Waals surface area contributed by atoms with Gasteiger partial charge in [-0.25, -0.2) is 4.39 Å². The number of carbonyl (C=O) groups is 1. The zero-order chi connectivity index (χ0) is 13.8. The molecule has 4 heteroatoms. The van der Waals surface area contributed by atoms with Gasteiger partial charge in [0, 0.05) is 11.3 Å². The highest BCUT2D eigenvalue weighted by Gasteiger charge is 2.23. The zero-order valence-corrected chi connectivity index (χ0v) is 12.2. The first-order valence-corrected chi connectivity index (χ1v) is 7.99. The summed E-state index contributed by atoms with van der Waals surface area (Å²) in [6, 6.07) is 5.13. The summed E-state index contributed by atoms with van der Waals surface area (Å²) in [5.74, 6) is -0.688. The molecular weight excluding hydrogens is 261 g/mol. The third-order valence-electron chi connectivity index (χ3n) is 3.78. The van der Waals surface area contributed by atoms with E-state index in [4.69, 9.17) is 0 Å². The van der Waals surface area contributed by atoms with Gasteiger partial charge in [-0.15, -0.1) is 0 Å². The number of thioether (sulfide) groups is 1. The maximum absolute atomic E-state index is 13.9. The molecule has 1 aromatic rings. The van der Waals surface area contributed by atoms with Crippen molar-refractivity contribution >= 4 is 17.7 Å². The summed E-state index contributed by atoms with van der Waals surface area (Å²) in [6.07, 6.45) is 6.37. The lowest BCUT2D eigenvalue weighted by molar-refractivity contribution is 0.0924. The molecule has 2 rings (SSSR count). The summed E-state index contributed by atoms with van der Waals surface area (Å²) in [4.78, 5) is 12.1. The van der Waals surface area contributed by atoms with Gasteiger partial charge in [-0.3, -0.25) is 4.79 Å². The van der Waals surface area contributed by atoms with E-state index in [1.54, 1.807) is 25.1 Å². The molecular formula is C15H20FNOS. The van der Waals surface area contributed by atoms with E-state index in [1.165, 1.54) is 0 Å². The fraction of sp³-hybridized carbons (Fsp3) is 0.533. The number of hydrogen-bond acceptors (Lipinski definition) is 2. The lowest BCUT2D eigenvalue weighted by Crippen LogP contribution is -2.38. The Morgan fingerprint density at radius 3 is 2.63 bits per heavy atom. The average Bonchev–Trinajstić information content (AvgIpc) is 2.42. The lowest BCUT2D eigenvalue weighted by Gasteiger charge is -2.28. The number of amides is 1. The molecule has 0 saturated heterocycles. The SMILES string of the molecule is CSC1CCC(NC(=O)c2cccc(C)c2F)CC1. The van der Waals surface area contributed by atoms with Crippen LogP contribution in [0.15, 0.2) is 18.2 Å². The first-order chi connectivity index (χ1) is 9.11. The molecule has 1 aliphatic carbocycles. The fourth-order valence-electron chi connectivity index (χ4n) is 2.53. The Hall–Kier alpha value is -1.03. The van der Waals surface area contributed by atoms with Crippen molar-refractivity contribution in [1.29, 1.82) is 0 Å². The quantitative estimate of drug-likeness (QED) is 0.918. The first kappa shape index (κ1) is 14.4. The molecule has 1 aromatic carbocycles. The molecule has 0 spiro atoms. The van der Waals surface area contributed by atoms with Crippen LogP contribution >= 0.6 is 11.8 Å². The molecule has 0 heterocycles. The molecule has 19 heavy (non-hydrogen) atoms. The maximum atomic E-state index is 13.9. The van der Waals surface area contributed by atoms with E-state index in [9.17, 15) is 9.18 Å². The maximum Gasteiger partial charge on any atom is 0.254 e. The van der Waals surface area contributed by atoms with Crippen LogP contribution in [0.25, 0.3) is 0 Å². The summed E-state index contributed by atoms with van der Waals surface area (Å²) in [7, 11) is 0. The summed E-state index contributed by atoms with van der Waals surface area (Å²) in [5.41, 5.74) is 0.672. The Balaban J connectivity index is 1.96. The van der Waals surface area contributed by atoms with Crippen molar-refractivity contribution < 1.29 is 9.18 Å². The molecule has 1 fully saturated rings. The van der Waals surface area contributed by atoms with Crippen molar-refractivity contribution in [3.05, 3.63) is 35.1 Å². The highest BCUT2D eigenvalue weighted by atomic mass is 32.2. The van der Waals surface area contributed by atoms with Gasteiger partial charge in [0.2, 0.25) is 0 Å². The fourth-order valence-corrected chi connectivity index (χ4v) is 3.27. The van der Waals surface area contributed by atoms with Crippen molar-refractivity contribution in [2.24, 2.45) is 0 Å². The molecule has 0 aliphatic heterocycles. The zero-order valence-electron chi connectivity index (χ0n) is 11.4. The second kappa shape index (κ2) is 6.42. The minimum absolute atomic E-state index is 0.159. The van der Waals surface area contributed by atoms with Crippen LogP contribution in [0.5, 0.6) is 0 Å². The summed E-state index contributed by atoms with van der Waals surface area (Å²) in [5, 5.41) is 3.67. The molecule has 1 amide bonds. The van der Waals surface area contributed by atoms with Gasteiger partial charge in [0.05, 0.1) is 5.56 Å². The molecule has 0 aromatic heterocycles. The Kier molecular flexibility index (Phi) is 4.86. The van der Waals surface area contributed by atoms with E-state index in [0.717, 1.165) is 25.7 Å². The monoisotopic (exact) mass is 281 g/mol. The first-order valence-electron chi connectivity index (χ1n) is 6.70. The van der Waals surface area contributed by atoms with Crippen molar-refractivity contribution in [3.63, 3.8) is 0 Å². The molecule has 0 atom stereocenters. The van der Waals surface area contributed by atoms with Crippen LogP contribution in [-0.4, -0.2) is 23.5 Å². The van der Waals surface area contributed by atoms with Crippen molar-refractivity contribution in [1.82, 2.24) is 5.32 Å². The van der Waals surface area contributed by atoms with E-state index in [-0.39, 0.29) is 17.5 Å². The van der Waals surface area contributed by atoms with Gasteiger partial charge in [-0.1, -0.05) is 12.1 Å². The molecule has 1 aliphatic rings. The predicted molar refractivity (Wildman–Crippen MR) is 78.2 cm³/mol. The van der Waals surface area contributed by atoms with Crippen LogP contribution in [0.3, 0.4) is 0 Å². The van der Waals surface area contributed by atoms with Gasteiger partial charge in [-0.2, -0.15) is 11.8 Å². The number of hydrogen-bond donors (Lipinski definition) is 1. The van der Waals surface area contributed by atoms with Crippen LogP contribution in [0.1, 0.15) is 41.6 Å². The van der Waals surface area contributed by atoms with Gasteiger partial charge < -0.3 is 5.32 Å². The normalized spacial score (nSPS) is 23.1. The van der Waals surface area contributed by atoms with E-state index in [0.29, 0.717) is 10.8 Å². The smallest absolute Gasteiger partial charge is 0.254 e. The standard InChI is InChI=1S/C15H20FNOS/c1-10-4-3-5-13(14(10)16)15(18)17-11-6-8-12(19-2)9-7-11/h3-5,11-12H,6-9H2,1-2H3,(H,17,18). The molecule has 1 saturated carbocycles. The Morgan fingerprint density at radius 1 is 1.32 bits per heavy atom. The number of aryl methyl sites for hydroxylation is 1. The molecule has 2 nitrogen and oxygen atoms in total. The number of rotatable bonds is 3. The van der Waals surface area contributed by atoms with Crippen molar-refractivity contribution in [2.75, 3.05) is 6.26 Å². The van der Waals surface area contributed by atoms with E-state index in [2.05, 4.69) is 11.6 Å². The number of halogens is 1. The minimum Gasteiger partial charge on any atom is -0.349 e. The molecule has 0 bridgehead atoms. The van der Waals surface area contributed by atoms with E-state index < -0.39 is 5.82 Å². The Morgan fingerprint density at radius 2 is 2.00 bits per heavy atom. The Bertz CT molecular complexity index is 455. The second-order valence-corrected chi connectivity index (χ2v) is 6.26. The van der Waals surface area contributed by atoms with Crippen LogP contribution in [0, 0.1) is 12.7 Å². The van der Waals surface area contributed by atoms with Crippen LogP contribution in [0.2, 0.25) is 0 Å². The predicted octanol–water partition coefficient (Wildman–Crippen LogP) is 3.54. The summed E-state index contributed by atoms with van der Waals surface area (Å²) < 4.78 is 13.9. The average molecular weight is 281 g/mol. The van der Waals surface area contributed by atoms with Gasteiger partial charge >= 0.3 is 0 Å². The van der Waals surface area contributed by atoms with Gasteiger partial charge in [0.25, 0.3) is 5.91 Å². The molecule has 0 unspecified atom stereocenters. The highest BCUT2D eigenvalue weighted by Crippen LogP contribution is 2.27. The summed E-state index contributed by atoms with van der Waals surface area (Å²) >= 11 is 1.89. The third kappa shape index (κ3) is 3.50. The number of benzene rings is 1.